The molecule has 24 heavy (non-hydrogen) atoms. The molecule has 0 N–H and O–H groups in total. The zero-order valence-electron chi connectivity index (χ0n) is 13.6. The third kappa shape index (κ3) is 3.99. The van der Waals surface area contributed by atoms with Gasteiger partial charge in [-0.2, -0.15) is 0 Å². The van der Waals surface area contributed by atoms with E-state index >= 15 is 0 Å². The van der Waals surface area contributed by atoms with E-state index in [1.165, 1.54) is 12.1 Å². The van der Waals surface area contributed by atoms with Crippen molar-refractivity contribution in [2.45, 2.75) is 25.9 Å². The first-order valence-electron chi connectivity index (χ1n) is 7.65. The molecule has 0 aliphatic heterocycles. The number of nitrogens with zero attached hydrogens (tertiary/aromatic N) is 5. The van der Waals surface area contributed by atoms with Gasteiger partial charge in [-0.05, 0) is 32.2 Å². The van der Waals surface area contributed by atoms with Crippen molar-refractivity contribution >= 4 is 0 Å². The first-order chi connectivity index (χ1) is 11.6. The van der Waals surface area contributed by atoms with E-state index in [9.17, 15) is 4.39 Å². The van der Waals surface area contributed by atoms with E-state index in [-0.39, 0.29) is 11.9 Å². The molecule has 0 unspecified atom stereocenters. The van der Waals surface area contributed by atoms with Crippen molar-refractivity contribution in [1.29, 1.82) is 0 Å². The van der Waals surface area contributed by atoms with Crippen LogP contribution < -0.4 is 0 Å². The van der Waals surface area contributed by atoms with Crippen LogP contribution in [0.5, 0.6) is 0 Å². The molecule has 2 heterocycles. The van der Waals surface area contributed by atoms with E-state index < -0.39 is 0 Å². The predicted octanol–water partition coefficient (Wildman–Crippen LogP) is 2.73. The molecule has 2 aromatic heterocycles. The molecule has 0 spiro atoms. The summed E-state index contributed by atoms with van der Waals surface area (Å²) in [7, 11) is 1.98. The average Bonchev–Trinajstić information content (AvgIpc) is 3.04. The van der Waals surface area contributed by atoms with E-state index in [0.717, 1.165) is 12.1 Å². The highest BCUT2D eigenvalue weighted by Gasteiger charge is 2.15. The van der Waals surface area contributed by atoms with Gasteiger partial charge in [-0.25, -0.2) is 4.39 Å². The molecular weight excluding hydrogens is 309 g/mol. The Balaban J connectivity index is 1.63. The molecule has 0 aliphatic rings. The molecule has 0 saturated heterocycles. The van der Waals surface area contributed by atoms with Crippen LogP contribution in [-0.4, -0.2) is 38.2 Å². The molecule has 6 nitrogen and oxygen atoms in total. The van der Waals surface area contributed by atoms with Crippen LogP contribution >= 0.6 is 0 Å². The van der Waals surface area contributed by atoms with Gasteiger partial charge in [-0.1, -0.05) is 6.07 Å². The number of rotatable bonds is 6. The summed E-state index contributed by atoms with van der Waals surface area (Å²) in [6, 6.07) is 6.33. The van der Waals surface area contributed by atoms with Crippen molar-refractivity contribution < 1.29 is 8.81 Å². The lowest BCUT2D eigenvalue weighted by Gasteiger charge is -2.22. The van der Waals surface area contributed by atoms with E-state index in [2.05, 4.69) is 32.0 Å². The molecule has 1 aromatic carbocycles. The number of hydrogen-bond acceptors (Lipinski definition) is 6. The van der Waals surface area contributed by atoms with Gasteiger partial charge in [0.2, 0.25) is 11.8 Å². The Morgan fingerprint density at radius 2 is 2.12 bits per heavy atom. The minimum atomic E-state index is -0.332. The predicted molar refractivity (Wildman–Crippen MR) is 86.4 cm³/mol. The van der Waals surface area contributed by atoms with E-state index in [1.807, 2.05) is 7.05 Å². The van der Waals surface area contributed by atoms with Crippen LogP contribution in [-0.2, 0) is 13.0 Å². The molecule has 0 bridgehead atoms. The second-order valence-corrected chi connectivity index (χ2v) is 5.68. The molecule has 7 heteroatoms. The zero-order chi connectivity index (χ0) is 16.9. The number of likely N-dealkylation sites (N-methyl/N-ethyl adjacent to an activating group) is 1. The van der Waals surface area contributed by atoms with Gasteiger partial charge in [0.25, 0.3) is 0 Å². The normalized spacial score (nSPS) is 12.5. The fraction of sp³-hybridized carbons (Fsp3) is 0.294. The smallest absolute Gasteiger partial charge is 0.247 e. The van der Waals surface area contributed by atoms with E-state index in [1.54, 1.807) is 30.7 Å². The van der Waals surface area contributed by atoms with Crippen LogP contribution in [0.4, 0.5) is 4.39 Å². The molecule has 3 aromatic rings. The van der Waals surface area contributed by atoms with E-state index in [0.29, 0.717) is 23.9 Å². The van der Waals surface area contributed by atoms with Crippen molar-refractivity contribution in [3.8, 4) is 11.5 Å². The Morgan fingerprint density at radius 1 is 1.25 bits per heavy atom. The number of aromatic nitrogens is 4. The van der Waals surface area contributed by atoms with Crippen molar-refractivity contribution in [1.82, 2.24) is 25.1 Å². The average molecular weight is 327 g/mol. The lowest BCUT2D eigenvalue weighted by atomic mass is 10.1. The van der Waals surface area contributed by atoms with E-state index in [4.69, 9.17) is 4.42 Å². The Morgan fingerprint density at radius 3 is 2.88 bits per heavy atom. The summed E-state index contributed by atoms with van der Waals surface area (Å²) in [5, 5.41) is 8.03. The second kappa shape index (κ2) is 7.27. The van der Waals surface area contributed by atoms with Crippen LogP contribution in [0.3, 0.4) is 0 Å². The first-order valence-corrected chi connectivity index (χ1v) is 7.65. The number of hydrogen-bond donors (Lipinski definition) is 0. The van der Waals surface area contributed by atoms with Crippen LogP contribution in [0.15, 0.2) is 47.3 Å². The Kier molecular flexibility index (Phi) is 4.90. The summed E-state index contributed by atoms with van der Waals surface area (Å²) in [6.45, 7) is 2.60. The highest BCUT2D eigenvalue weighted by Crippen LogP contribution is 2.19. The van der Waals surface area contributed by atoms with Crippen molar-refractivity contribution in [3.05, 3.63) is 60.3 Å². The van der Waals surface area contributed by atoms with Crippen molar-refractivity contribution in [3.63, 3.8) is 0 Å². The molecule has 124 valence electrons. The molecule has 0 saturated carbocycles. The standard InChI is InChI=1S/C17H18FN5O/c1-12(8-15-10-19-6-7-20-15)23(2)11-16-21-22-17(24-16)13-4-3-5-14(18)9-13/h3-7,9-10,12H,8,11H2,1-2H3/t12-/m0/s1. The second-order valence-electron chi connectivity index (χ2n) is 5.68. The number of halogens is 1. The van der Waals surface area contributed by atoms with Crippen molar-refractivity contribution in [2.24, 2.45) is 0 Å². The van der Waals surface area contributed by atoms with Gasteiger partial charge in [0, 0.05) is 36.6 Å². The van der Waals surface area contributed by atoms with Gasteiger partial charge in [-0.3, -0.25) is 14.9 Å². The maximum Gasteiger partial charge on any atom is 0.247 e. The monoisotopic (exact) mass is 327 g/mol. The van der Waals surface area contributed by atoms with Crippen LogP contribution in [0.2, 0.25) is 0 Å². The first kappa shape index (κ1) is 16.2. The lowest BCUT2D eigenvalue weighted by Crippen LogP contribution is -2.30. The van der Waals surface area contributed by atoms with Gasteiger partial charge in [0.05, 0.1) is 12.2 Å². The number of benzene rings is 1. The SMILES string of the molecule is C[C@@H](Cc1cnccn1)N(C)Cc1nnc(-c2cccc(F)c2)o1. The minimum absolute atomic E-state index is 0.228. The largest absolute Gasteiger partial charge is 0.419 e. The van der Waals surface area contributed by atoms with Crippen LogP contribution in [0, 0.1) is 5.82 Å². The summed E-state index contributed by atoms with van der Waals surface area (Å²) >= 11 is 0. The van der Waals surface area contributed by atoms with Gasteiger partial charge in [-0.15, -0.1) is 10.2 Å². The Hall–Kier alpha value is -2.67. The molecular formula is C17H18FN5O. The lowest BCUT2D eigenvalue weighted by molar-refractivity contribution is 0.224. The quantitative estimate of drug-likeness (QED) is 0.693. The molecule has 3 rings (SSSR count). The van der Waals surface area contributed by atoms with Crippen LogP contribution in [0.1, 0.15) is 18.5 Å². The Labute approximate surface area is 139 Å². The third-order valence-electron chi connectivity index (χ3n) is 3.80. The summed E-state index contributed by atoms with van der Waals surface area (Å²) in [4.78, 5) is 10.5. The summed E-state index contributed by atoms with van der Waals surface area (Å²) < 4.78 is 18.9. The summed E-state index contributed by atoms with van der Waals surface area (Å²) in [5.74, 6) is 0.476. The Bertz CT molecular complexity index is 792. The fourth-order valence-electron chi connectivity index (χ4n) is 2.32. The zero-order valence-corrected chi connectivity index (χ0v) is 13.6. The maximum atomic E-state index is 13.3. The minimum Gasteiger partial charge on any atom is -0.419 e. The van der Waals surface area contributed by atoms with Crippen molar-refractivity contribution in [2.75, 3.05) is 7.05 Å². The molecule has 0 aliphatic carbocycles. The fourth-order valence-corrected chi connectivity index (χ4v) is 2.32. The topological polar surface area (TPSA) is 67.9 Å². The molecule has 0 fully saturated rings. The summed E-state index contributed by atoms with van der Waals surface area (Å²) in [5.41, 5.74) is 1.51. The van der Waals surface area contributed by atoms with Gasteiger partial charge >= 0.3 is 0 Å². The summed E-state index contributed by atoms with van der Waals surface area (Å²) in [6.07, 6.45) is 5.88. The highest BCUT2D eigenvalue weighted by molar-refractivity contribution is 5.52. The highest BCUT2D eigenvalue weighted by atomic mass is 19.1. The van der Waals surface area contributed by atoms with Gasteiger partial charge in [0.1, 0.15) is 5.82 Å². The molecule has 0 amide bonds. The maximum absolute atomic E-state index is 13.3. The molecule has 1 atom stereocenters. The van der Waals surface area contributed by atoms with Crippen LogP contribution in [0.25, 0.3) is 11.5 Å². The third-order valence-corrected chi connectivity index (χ3v) is 3.80. The molecule has 0 radical (unpaired) electrons. The van der Waals surface area contributed by atoms with Gasteiger partial charge < -0.3 is 4.42 Å². The van der Waals surface area contributed by atoms with Gasteiger partial charge in [0.15, 0.2) is 0 Å².